The Balaban J connectivity index is 1.34. The van der Waals surface area contributed by atoms with Crippen LogP contribution in [0, 0.1) is 5.92 Å². The van der Waals surface area contributed by atoms with Crippen molar-refractivity contribution in [2.75, 3.05) is 13.2 Å². The van der Waals surface area contributed by atoms with E-state index in [0.29, 0.717) is 34.4 Å². The van der Waals surface area contributed by atoms with Crippen LogP contribution in [0.1, 0.15) is 39.2 Å². The van der Waals surface area contributed by atoms with Gasteiger partial charge in [-0.3, -0.25) is 4.79 Å². The van der Waals surface area contributed by atoms with Crippen LogP contribution in [0.3, 0.4) is 0 Å². The van der Waals surface area contributed by atoms with E-state index in [0.717, 1.165) is 52.4 Å². The van der Waals surface area contributed by atoms with Crippen LogP contribution in [0.15, 0.2) is 89.9 Å². The van der Waals surface area contributed by atoms with Crippen LogP contribution in [0.25, 0.3) is 39.4 Å². The molecule has 0 aliphatic carbocycles. The summed E-state index contributed by atoms with van der Waals surface area (Å²) in [4.78, 5) is 18.6. The molecule has 8 nitrogen and oxygen atoms in total. The minimum Gasteiger partial charge on any atom is -0.494 e. The summed E-state index contributed by atoms with van der Waals surface area (Å²) >= 11 is 1.31. The van der Waals surface area contributed by atoms with Gasteiger partial charge in [0.2, 0.25) is 4.96 Å². The number of aromatic nitrogens is 5. The number of thiazole rings is 1. The van der Waals surface area contributed by atoms with Crippen LogP contribution < -0.4 is 19.6 Å². The van der Waals surface area contributed by atoms with Gasteiger partial charge in [-0.15, -0.1) is 5.10 Å². The van der Waals surface area contributed by atoms with Gasteiger partial charge in [0.1, 0.15) is 17.2 Å². The lowest BCUT2D eigenvalue weighted by atomic mass is 10.1. The molecule has 218 valence electrons. The van der Waals surface area contributed by atoms with Crippen molar-refractivity contribution in [3.63, 3.8) is 0 Å². The van der Waals surface area contributed by atoms with Gasteiger partial charge in [0, 0.05) is 22.9 Å². The Bertz CT molecular complexity index is 1920. The first kappa shape index (κ1) is 28.4. The first-order valence-electron chi connectivity index (χ1n) is 14.5. The molecule has 0 radical (unpaired) electrons. The van der Waals surface area contributed by atoms with Gasteiger partial charge in [-0.05, 0) is 79.1 Å². The summed E-state index contributed by atoms with van der Waals surface area (Å²) in [6.45, 7) is 7.73. The van der Waals surface area contributed by atoms with E-state index in [2.05, 4.69) is 30.9 Å². The van der Waals surface area contributed by atoms with Crippen molar-refractivity contribution in [3.8, 4) is 39.8 Å². The molecule has 43 heavy (non-hydrogen) atoms. The predicted molar refractivity (Wildman–Crippen MR) is 171 cm³/mol. The number of para-hydroxylation sites is 1. The van der Waals surface area contributed by atoms with Crippen molar-refractivity contribution in [1.82, 2.24) is 24.4 Å². The van der Waals surface area contributed by atoms with E-state index in [4.69, 9.17) is 14.6 Å². The highest BCUT2D eigenvalue weighted by Gasteiger charge is 2.15. The largest absolute Gasteiger partial charge is 0.494 e. The molecule has 0 aliphatic heterocycles. The molecule has 6 rings (SSSR count). The maximum Gasteiger partial charge on any atom is 0.291 e. The molecule has 0 aliphatic rings. The summed E-state index contributed by atoms with van der Waals surface area (Å²) in [7, 11) is 0. The Kier molecular flexibility index (Phi) is 8.33. The molecular weight excluding hydrogens is 558 g/mol. The molecule has 0 saturated heterocycles. The van der Waals surface area contributed by atoms with Gasteiger partial charge in [0.15, 0.2) is 5.82 Å². The summed E-state index contributed by atoms with van der Waals surface area (Å²) in [5.74, 6) is 2.57. The number of nitrogens with zero attached hydrogens (tertiary/aromatic N) is 5. The van der Waals surface area contributed by atoms with Gasteiger partial charge in [0.05, 0.1) is 23.4 Å². The van der Waals surface area contributed by atoms with Crippen LogP contribution in [-0.4, -0.2) is 37.6 Å². The van der Waals surface area contributed by atoms with E-state index in [1.54, 1.807) is 0 Å². The third-order valence-corrected chi connectivity index (χ3v) is 7.78. The Morgan fingerprint density at radius 1 is 0.884 bits per heavy atom. The average molecular weight is 592 g/mol. The van der Waals surface area contributed by atoms with Crippen LogP contribution in [0.2, 0.25) is 0 Å². The average Bonchev–Trinajstić information content (AvgIpc) is 3.72. The van der Waals surface area contributed by atoms with Gasteiger partial charge in [-0.25, -0.2) is 4.68 Å². The lowest BCUT2D eigenvalue weighted by Gasteiger charge is -2.09. The first-order valence-corrected chi connectivity index (χ1v) is 15.3. The van der Waals surface area contributed by atoms with Crippen LogP contribution in [-0.2, 0) is 0 Å². The van der Waals surface area contributed by atoms with Crippen LogP contribution in [0.4, 0.5) is 0 Å². The summed E-state index contributed by atoms with van der Waals surface area (Å²) < 4.78 is 15.4. The van der Waals surface area contributed by atoms with Crippen LogP contribution in [0.5, 0.6) is 11.5 Å². The Morgan fingerprint density at radius 2 is 1.58 bits per heavy atom. The molecule has 0 fully saturated rings. The zero-order chi connectivity index (χ0) is 29.8. The Morgan fingerprint density at radius 3 is 2.26 bits per heavy atom. The molecule has 3 aromatic carbocycles. The predicted octanol–water partition coefficient (Wildman–Crippen LogP) is 6.43. The smallest absolute Gasteiger partial charge is 0.291 e. The maximum absolute atomic E-state index is 13.5. The molecule has 9 heteroatoms. The highest BCUT2D eigenvalue weighted by Crippen LogP contribution is 2.27. The van der Waals surface area contributed by atoms with E-state index < -0.39 is 0 Å². The number of hydrogen-bond acceptors (Lipinski definition) is 7. The fourth-order valence-corrected chi connectivity index (χ4v) is 5.43. The zero-order valence-electron chi connectivity index (χ0n) is 24.4. The number of unbranched alkanes of at least 4 members (excludes halogenated alkanes) is 1. The van der Waals surface area contributed by atoms with Gasteiger partial charge in [-0.1, -0.05) is 56.7 Å². The topological polar surface area (TPSA) is 83.5 Å². The molecule has 0 atom stereocenters. The number of hydrogen-bond donors (Lipinski definition) is 0. The number of benzene rings is 3. The zero-order valence-corrected chi connectivity index (χ0v) is 25.3. The summed E-state index contributed by atoms with van der Waals surface area (Å²) in [5, 5.41) is 9.44. The van der Waals surface area contributed by atoms with Crippen molar-refractivity contribution < 1.29 is 9.47 Å². The SMILES string of the molecule is CCCCOc1ccc(-c2nc3s/c(=C\c4cn(-c5ccccc5)nc4-c4ccc(OCC(C)C)cc4)c(=O)n3n2)cc1. The van der Waals surface area contributed by atoms with E-state index in [1.165, 1.54) is 15.9 Å². The fourth-order valence-electron chi connectivity index (χ4n) is 4.53. The monoisotopic (exact) mass is 591 g/mol. The second-order valence-corrected chi connectivity index (χ2v) is 11.7. The first-order chi connectivity index (χ1) is 21.0. The van der Waals surface area contributed by atoms with Gasteiger partial charge < -0.3 is 9.47 Å². The van der Waals surface area contributed by atoms with Gasteiger partial charge in [0.25, 0.3) is 5.56 Å². The highest BCUT2D eigenvalue weighted by atomic mass is 32.1. The number of rotatable bonds is 11. The molecule has 0 amide bonds. The van der Waals surface area contributed by atoms with Crippen molar-refractivity contribution in [2.24, 2.45) is 5.92 Å². The minimum atomic E-state index is -0.214. The lowest BCUT2D eigenvalue weighted by molar-refractivity contribution is 0.271. The quantitative estimate of drug-likeness (QED) is 0.162. The van der Waals surface area contributed by atoms with E-state index in [1.807, 2.05) is 95.8 Å². The molecule has 3 aromatic heterocycles. The van der Waals surface area contributed by atoms with Crippen molar-refractivity contribution >= 4 is 22.4 Å². The maximum atomic E-state index is 13.5. The molecule has 6 aromatic rings. The Hall–Kier alpha value is -4.76. The van der Waals surface area contributed by atoms with Gasteiger partial charge >= 0.3 is 0 Å². The normalized spacial score (nSPS) is 12.0. The Labute approximate surface area is 253 Å². The second-order valence-electron chi connectivity index (χ2n) is 10.7. The second kappa shape index (κ2) is 12.6. The van der Waals surface area contributed by atoms with Crippen molar-refractivity contribution in [1.29, 1.82) is 0 Å². The van der Waals surface area contributed by atoms with E-state index in [-0.39, 0.29) is 5.56 Å². The minimum absolute atomic E-state index is 0.214. The molecule has 0 saturated carbocycles. The van der Waals surface area contributed by atoms with E-state index >= 15 is 0 Å². The lowest BCUT2D eigenvalue weighted by Crippen LogP contribution is -2.23. The molecular formula is C34H33N5O3S. The highest BCUT2D eigenvalue weighted by molar-refractivity contribution is 7.15. The molecule has 0 unspecified atom stereocenters. The van der Waals surface area contributed by atoms with Crippen molar-refractivity contribution in [2.45, 2.75) is 33.6 Å². The summed E-state index contributed by atoms with van der Waals surface area (Å²) in [6, 6.07) is 25.5. The number of ether oxygens (including phenoxy) is 2. The molecule has 3 heterocycles. The third-order valence-electron chi connectivity index (χ3n) is 6.82. The molecule has 0 spiro atoms. The molecule has 0 bridgehead atoms. The summed E-state index contributed by atoms with van der Waals surface area (Å²) in [5.41, 5.74) is 4.05. The molecule has 0 N–H and O–H groups in total. The standard InChI is InChI=1S/C34H33N5O3S/c1-4-5-19-41-28-17-13-25(14-18-28)32-35-34-39(37-32)33(40)30(43-34)20-26-21-38(27-9-7-6-8-10-27)36-31(26)24-11-15-29(16-12-24)42-22-23(2)3/h6-18,20-21,23H,4-5,19,22H2,1-3H3/b30-20-. The fraction of sp³-hybridized carbons (Fsp3) is 0.235. The van der Waals surface area contributed by atoms with Gasteiger partial charge in [-0.2, -0.15) is 14.6 Å². The van der Waals surface area contributed by atoms with E-state index in [9.17, 15) is 4.79 Å². The van der Waals surface area contributed by atoms with Crippen molar-refractivity contribution in [3.05, 3.63) is 106 Å². The third kappa shape index (κ3) is 6.36. The summed E-state index contributed by atoms with van der Waals surface area (Å²) in [6.07, 6.45) is 5.91. The van der Waals surface area contributed by atoms with Crippen LogP contribution >= 0.6 is 11.3 Å². The number of fused-ring (bicyclic) bond motifs is 1.